The van der Waals surface area contributed by atoms with Crippen LogP contribution in [0.15, 0.2) is 0 Å². The largest absolute Gasteiger partial charge is 0.314 e. The lowest BCUT2D eigenvalue weighted by Crippen LogP contribution is -2.48. The zero-order chi connectivity index (χ0) is 14.6. The van der Waals surface area contributed by atoms with Crippen molar-refractivity contribution >= 4 is 0 Å². The zero-order valence-electron chi connectivity index (χ0n) is 14.3. The second-order valence-corrected chi connectivity index (χ2v) is 8.15. The molecule has 0 atom stereocenters. The molecule has 0 aliphatic heterocycles. The van der Waals surface area contributed by atoms with E-state index in [9.17, 15) is 0 Å². The predicted octanol–water partition coefficient (Wildman–Crippen LogP) is 4.06. The molecule has 0 saturated heterocycles. The van der Waals surface area contributed by atoms with Crippen molar-refractivity contribution in [2.45, 2.75) is 84.7 Å². The van der Waals surface area contributed by atoms with Crippen molar-refractivity contribution in [1.29, 1.82) is 0 Å². The highest BCUT2D eigenvalue weighted by Gasteiger charge is 2.38. The molecule has 118 valence electrons. The molecule has 2 aliphatic carbocycles. The van der Waals surface area contributed by atoms with Gasteiger partial charge < -0.3 is 5.32 Å². The van der Waals surface area contributed by atoms with Gasteiger partial charge in [0, 0.05) is 31.7 Å². The summed E-state index contributed by atoms with van der Waals surface area (Å²) in [5.41, 5.74) is 0.556. The molecule has 2 nitrogen and oxygen atoms in total. The van der Waals surface area contributed by atoms with Gasteiger partial charge in [0.1, 0.15) is 0 Å². The van der Waals surface area contributed by atoms with E-state index in [1.807, 2.05) is 0 Å². The van der Waals surface area contributed by atoms with Crippen LogP contribution in [-0.4, -0.2) is 36.6 Å². The van der Waals surface area contributed by atoms with Crippen molar-refractivity contribution in [2.75, 3.05) is 19.6 Å². The fourth-order valence-electron chi connectivity index (χ4n) is 3.80. The Balaban J connectivity index is 1.97. The first-order valence-electron chi connectivity index (χ1n) is 8.98. The molecule has 0 unspecified atom stereocenters. The minimum atomic E-state index is 0.556. The lowest BCUT2D eigenvalue weighted by Gasteiger charge is -2.42. The minimum Gasteiger partial charge on any atom is -0.314 e. The molecule has 2 aliphatic rings. The number of nitrogens with one attached hydrogen (secondary N) is 1. The molecule has 0 heterocycles. The van der Waals surface area contributed by atoms with Crippen LogP contribution in [0.3, 0.4) is 0 Å². The predicted molar refractivity (Wildman–Crippen MR) is 88.1 cm³/mol. The van der Waals surface area contributed by atoms with E-state index in [4.69, 9.17) is 0 Å². The standard InChI is InChI=1S/C18H36N2/c1-15(2)12-20(17-8-9-17)14-18(13-19-16(3)4)10-6-5-7-11-18/h15-17,19H,5-14H2,1-4H3. The molecule has 1 N–H and O–H groups in total. The smallest absolute Gasteiger partial charge is 0.00967 e. The van der Waals surface area contributed by atoms with Crippen molar-refractivity contribution in [3.8, 4) is 0 Å². The Bertz CT molecular complexity index is 275. The molecule has 2 saturated carbocycles. The van der Waals surface area contributed by atoms with Crippen molar-refractivity contribution < 1.29 is 0 Å². The summed E-state index contributed by atoms with van der Waals surface area (Å²) in [6, 6.07) is 1.53. The van der Waals surface area contributed by atoms with Crippen molar-refractivity contribution in [1.82, 2.24) is 10.2 Å². The van der Waals surface area contributed by atoms with E-state index in [1.54, 1.807) is 0 Å². The summed E-state index contributed by atoms with van der Waals surface area (Å²) in [6.45, 7) is 13.2. The van der Waals surface area contributed by atoms with Crippen LogP contribution in [0.4, 0.5) is 0 Å². The van der Waals surface area contributed by atoms with Gasteiger partial charge in [-0.3, -0.25) is 4.90 Å². The van der Waals surface area contributed by atoms with Crippen molar-refractivity contribution in [3.05, 3.63) is 0 Å². The average molecular weight is 280 g/mol. The SMILES string of the molecule is CC(C)CN(CC1(CNC(C)C)CCCCC1)C1CC1. The van der Waals surface area contributed by atoms with Crippen LogP contribution < -0.4 is 5.32 Å². The summed E-state index contributed by atoms with van der Waals surface area (Å²) in [4.78, 5) is 2.83. The molecule has 0 aromatic rings. The van der Waals surface area contributed by atoms with E-state index in [-0.39, 0.29) is 0 Å². The van der Waals surface area contributed by atoms with Crippen LogP contribution in [0.2, 0.25) is 0 Å². The van der Waals surface area contributed by atoms with Gasteiger partial charge in [-0.25, -0.2) is 0 Å². The van der Waals surface area contributed by atoms with Crippen molar-refractivity contribution in [3.63, 3.8) is 0 Å². The quantitative estimate of drug-likeness (QED) is 0.721. The van der Waals surface area contributed by atoms with Gasteiger partial charge in [0.05, 0.1) is 0 Å². The van der Waals surface area contributed by atoms with Crippen LogP contribution in [0.5, 0.6) is 0 Å². The molecular formula is C18H36N2. The van der Waals surface area contributed by atoms with Crippen LogP contribution in [0, 0.1) is 11.3 Å². The van der Waals surface area contributed by atoms with E-state index in [2.05, 4.69) is 37.9 Å². The summed E-state index contributed by atoms with van der Waals surface area (Å²) in [7, 11) is 0. The number of nitrogens with zero attached hydrogens (tertiary/aromatic N) is 1. The minimum absolute atomic E-state index is 0.556. The molecule has 0 aromatic heterocycles. The third-order valence-corrected chi connectivity index (χ3v) is 5.00. The number of hydrogen-bond acceptors (Lipinski definition) is 2. The summed E-state index contributed by atoms with van der Waals surface area (Å²) in [5.74, 6) is 0.800. The van der Waals surface area contributed by atoms with Crippen LogP contribution in [-0.2, 0) is 0 Å². The Kier molecular flexibility index (Phi) is 5.92. The third kappa shape index (κ3) is 5.04. The fourth-order valence-corrected chi connectivity index (χ4v) is 3.80. The summed E-state index contributed by atoms with van der Waals surface area (Å²) < 4.78 is 0. The molecule has 2 rings (SSSR count). The first-order chi connectivity index (χ1) is 9.51. The molecule has 20 heavy (non-hydrogen) atoms. The lowest BCUT2D eigenvalue weighted by atomic mass is 9.73. The summed E-state index contributed by atoms with van der Waals surface area (Å²) in [5, 5.41) is 3.75. The Labute approximate surface area is 126 Å². The number of hydrogen-bond donors (Lipinski definition) is 1. The second kappa shape index (κ2) is 7.26. The van der Waals surface area contributed by atoms with Gasteiger partial charge in [0.15, 0.2) is 0 Å². The third-order valence-electron chi connectivity index (χ3n) is 5.00. The number of rotatable bonds is 8. The average Bonchev–Trinajstić information content (AvgIpc) is 3.21. The summed E-state index contributed by atoms with van der Waals surface area (Å²) in [6.07, 6.45) is 10.1. The Morgan fingerprint density at radius 3 is 2.20 bits per heavy atom. The van der Waals surface area contributed by atoms with Gasteiger partial charge >= 0.3 is 0 Å². The molecular weight excluding hydrogens is 244 g/mol. The van der Waals surface area contributed by atoms with Gasteiger partial charge in [-0.15, -0.1) is 0 Å². The molecule has 0 aromatic carbocycles. The van der Waals surface area contributed by atoms with E-state index in [0.717, 1.165) is 12.0 Å². The highest BCUT2D eigenvalue weighted by Crippen LogP contribution is 2.39. The molecule has 2 fully saturated rings. The normalized spacial score (nSPS) is 22.9. The van der Waals surface area contributed by atoms with Gasteiger partial charge in [-0.1, -0.05) is 47.0 Å². The molecule has 2 heteroatoms. The maximum Gasteiger partial charge on any atom is 0.00967 e. The van der Waals surface area contributed by atoms with E-state index in [0.29, 0.717) is 11.5 Å². The van der Waals surface area contributed by atoms with Crippen LogP contribution in [0.1, 0.15) is 72.6 Å². The monoisotopic (exact) mass is 280 g/mol. The highest BCUT2D eigenvalue weighted by molar-refractivity contribution is 4.93. The lowest BCUT2D eigenvalue weighted by molar-refractivity contribution is 0.0876. The maximum absolute atomic E-state index is 3.75. The Morgan fingerprint density at radius 1 is 1.05 bits per heavy atom. The maximum atomic E-state index is 3.75. The molecule has 0 bridgehead atoms. The molecule has 0 amide bonds. The second-order valence-electron chi connectivity index (χ2n) is 8.15. The van der Waals surface area contributed by atoms with Gasteiger partial charge in [-0.2, -0.15) is 0 Å². The van der Waals surface area contributed by atoms with E-state index in [1.165, 1.54) is 64.6 Å². The first-order valence-corrected chi connectivity index (χ1v) is 8.98. The fraction of sp³-hybridized carbons (Fsp3) is 1.00. The highest BCUT2D eigenvalue weighted by atomic mass is 15.2. The zero-order valence-corrected chi connectivity index (χ0v) is 14.3. The first kappa shape index (κ1) is 16.3. The van der Waals surface area contributed by atoms with E-state index < -0.39 is 0 Å². The molecule has 0 spiro atoms. The van der Waals surface area contributed by atoms with E-state index >= 15 is 0 Å². The van der Waals surface area contributed by atoms with Gasteiger partial charge in [-0.05, 0) is 37.0 Å². The van der Waals surface area contributed by atoms with Crippen LogP contribution in [0.25, 0.3) is 0 Å². The topological polar surface area (TPSA) is 15.3 Å². The van der Waals surface area contributed by atoms with Crippen LogP contribution >= 0.6 is 0 Å². The van der Waals surface area contributed by atoms with Crippen molar-refractivity contribution in [2.24, 2.45) is 11.3 Å². The Hall–Kier alpha value is -0.0800. The van der Waals surface area contributed by atoms with Gasteiger partial charge in [0.2, 0.25) is 0 Å². The molecule has 0 radical (unpaired) electrons. The summed E-state index contributed by atoms with van der Waals surface area (Å²) >= 11 is 0. The Morgan fingerprint density at radius 2 is 1.70 bits per heavy atom. The van der Waals surface area contributed by atoms with Gasteiger partial charge in [0.25, 0.3) is 0 Å².